The molecule has 0 saturated heterocycles. The lowest BCUT2D eigenvalue weighted by Crippen LogP contribution is -2.23. The van der Waals surface area contributed by atoms with E-state index in [2.05, 4.69) is 20.6 Å². The summed E-state index contributed by atoms with van der Waals surface area (Å²) in [5.41, 5.74) is 4.09. The van der Waals surface area contributed by atoms with Gasteiger partial charge in [0.05, 0.1) is 24.0 Å². The molecule has 0 unspecified atom stereocenters. The molecule has 0 spiro atoms. The van der Waals surface area contributed by atoms with Crippen molar-refractivity contribution < 1.29 is 14.0 Å². The summed E-state index contributed by atoms with van der Waals surface area (Å²) in [4.78, 5) is 21.1. The van der Waals surface area contributed by atoms with Crippen LogP contribution in [0.5, 0.6) is 0 Å². The number of hydrogen-bond acceptors (Lipinski definition) is 4. The largest absolute Gasteiger partial charge is 0.351 e. The van der Waals surface area contributed by atoms with Crippen molar-refractivity contribution in [2.75, 3.05) is 12.4 Å². The predicted octanol–water partition coefficient (Wildman–Crippen LogP) is 3.47. The van der Waals surface area contributed by atoms with Gasteiger partial charge in [-0.1, -0.05) is 17.7 Å². The van der Waals surface area contributed by atoms with Gasteiger partial charge in [0.1, 0.15) is 10.8 Å². The molecular weight excluding hydrogens is 335 g/mol. The van der Waals surface area contributed by atoms with Crippen molar-refractivity contribution >= 4 is 34.5 Å². The van der Waals surface area contributed by atoms with Crippen molar-refractivity contribution in [1.29, 1.82) is 0 Å². The molecule has 0 atom stereocenters. The van der Waals surface area contributed by atoms with Crippen LogP contribution in [0.25, 0.3) is 5.65 Å². The summed E-state index contributed by atoms with van der Waals surface area (Å²) in [6.45, 7) is 1.79. The minimum absolute atomic E-state index is 0.187. The van der Waals surface area contributed by atoms with E-state index in [1.807, 2.05) is 0 Å². The molecule has 0 aliphatic rings. The highest BCUT2D eigenvalue weighted by Crippen LogP contribution is 2.33. The third-order valence-corrected chi connectivity index (χ3v) is 3.80. The van der Waals surface area contributed by atoms with E-state index in [0.717, 1.165) is 5.56 Å². The van der Waals surface area contributed by atoms with Gasteiger partial charge >= 0.3 is 0 Å². The lowest BCUT2D eigenvalue weighted by Gasteiger charge is -2.15. The molecule has 1 amide bonds. The summed E-state index contributed by atoms with van der Waals surface area (Å²) < 4.78 is 15.8. The van der Waals surface area contributed by atoms with Gasteiger partial charge in [-0.25, -0.2) is 14.9 Å². The van der Waals surface area contributed by atoms with E-state index in [1.54, 1.807) is 35.9 Å². The van der Waals surface area contributed by atoms with Gasteiger partial charge in [-0.15, -0.1) is 0 Å². The van der Waals surface area contributed by atoms with Crippen LogP contribution < -0.4 is 10.8 Å². The maximum Gasteiger partial charge on any atom is 0.278 e. The molecule has 124 valence electrons. The second kappa shape index (κ2) is 6.46. The topological polar surface area (TPSA) is 67.7 Å². The number of nitrogens with one attached hydrogen (secondary N) is 2. The Hall–Kier alpha value is -2.64. The molecule has 0 radical (unpaired) electrons. The first-order valence-corrected chi connectivity index (χ1v) is 7.40. The summed E-state index contributed by atoms with van der Waals surface area (Å²) in [5, 5.41) is 3.08. The fourth-order valence-corrected chi connectivity index (χ4v) is 2.61. The minimum atomic E-state index is -0.523. The van der Waals surface area contributed by atoms with Crippen molar-refractivity contribution in [3.63, 3.8) is 0 Å². The number of hydroxylamine groups is 1. The number of halogens is 2. The zero-order valence-corrected chi connectivity index (χ0v) is 13.7. The number of hydrogen-bond donors (Lipinski definition) is 2. The molecule has 3 aromatic rings. The number of rotatable bonds is 4. The first kappa shape index (κ1) is 16.2. The molecule has 2 heterocycles. The highest BCUT2D eigenvalue weighted by Gasteiger charge is 2.20. The van der Waals surface area contributed by atoms with Gasteiger partial charge in [0.25, 0.3) is 5.91 Å². The Labute approximate surface area is 142 Å². The second-order valence-corrected chi connectivity index (χ2v) is 5.51. The molecule has 2 N–H and O–H groups in total. The van der Waals surface area contributed by atoms with Gasteiger partial charge in [0, 0.05) is 18.6 Å². The Bertz CT molecular complexity index is 926. The Morgan fingerprint density at radius 3 is 2.92 bits per heavy atom. The molecule has 3 rings (SSSR count). The van der Waals surface area contributed by atoms with Gasteiger partial charge in [0.2, 0.25) is 0 Å². The van der Waals surface area contributed by atoms with Crippen LogP contribution in [0.15, 0.2) is 36.8 Å². The maximum atomic E-state index is 14.2. The number of anilines is 2. The highest BCUT2D eigenvalue weighted by molar-refractivity contribution is 6.37. The van der Waals surface area contributed by atoms with Crippen molar-refractivity contribution in [2.45, 2.75) is 6.92 Å². The van der Waals surface area contributed by atoms with Crippen LogP contribution in [0.4, 0.5) is 15.8 Å². The van der Waals surface area contributed by atoms with Crippen LogP contribution in [0.1, 0.15) is 15.9 Å². The van der Waals surface area contributed by atoms with E-state index in [9.17, 15) is 9.18 Å². The van der Waals surface area contributed by atoms with E-state index in [4.69, 9.17) is 11.6 Å². The van der Waals surface area contributed by atoms with E-state index in [0.29, 0.717) is 5.65 Å². The molecule has 0 saturated carbocycles. The Morgan fingerprint density at radius 2 is 2.21 bits per heavy atom. The molecule has 1 aromatic carbocycles. The Kier molecular flexibility index (Phi) is 4.37. The maximum absolute atomic E-state index is 14.2. The summed E-state index contributed by atoms with van der Waals surface area (Å²) in [5.74, 6) is -0.975. The van der Waals surface area contributed by atoms with Gasteiger partial charge < -0.3 is 9.72 Å². The van der Waals surface area contributed by atoms with Gasteiger partial charge in [-0.05, 0) is 24.6 Å². The summed E-state index contributed by atoms with van der Waals surface area (Å²) in [6.07, 6.45) is 4.74. The molecular formula is C16H14ClFN4O2. The first-order valence-electron chi connectivity index (χ1n) is 7.03. The molecule has 0 aliphatic heterocycles. The SMILES string of the molecule is CONC(=O)c1cn2ccnc2c(Cl)c1Nc1ccc(C)cc1F. The molecule has 0 bridgehead atoms. The number of carbonyl (C=O) groups excluding carboxylic acids is 1. The second-order valence-electron chi connectivity index (χ2n) is 5.13. The zero-order chi connectivity index (χ0) is 17.3. The van der Waals surface area contributed by atoms with Crippen molar-refractivity contribution in [3.8, 4) is 0 Å². The highest BCUT2D eigenvalue weighted by atomic mass is 35.5. The number of nitrogens with zero attached hydrogens (tertiary/aromatic N) is 2. The zero-order valence-electron chi connectivity index (χ0n) is 12.9. The van der Waals surface area contributed by atoms with Crippen LogP contribution in [0.3, 0.4) is 0 Å². The quantitative estimate of drug-likeness (QED) is 0.708. The van der Waals surface area contributed by atoms with E-state index in [-0.39, 0.29) is 22.0 Å². The number of carbonyl (C=O) groups is 1. The summed E-state index contributed by atoms with van der Waals surface area (Å²) in [7, 11) is 1.32. The fraction of sp³-hybridized carbons (Fsp3) is 0.125. The molecule has 24 heavy (non-hydrogen) atoms. The van der Waals surface area contributed by atoms with Crippen molar-refractivity contribution in [2.24, 2.45) is 0 Å². The van der Waals surface area contributed by atoms with Crippen molar-refractivity contribution in [3.05, 3.63) is 58.8 Å². The summed E-state index contributed by atoms with van der Waals surface area (Å²) >= 11 is 6.38. The monoisotopic (exact) mass is 348 g/mol. The first-order chi connectivity index (χ1) is 11.5. The number of pyridine rings is 1. The standard InChI is InChI=1S/C16H14ClFN4O2/c1-9-3-4-12(11(18)7-9)20-14-10(16(23)21-24-2)8-22-6-5-19-15(22)13(14)17/h3-8,20H,1-2H3,(H,21,23). The molecule has 2 aromatic heterocycles. The average molecular weight is 349 g/mol. The molecule has 6 nitrogen and oxygen atoms in total. The number of imidazole rings is 1. The summed E-state index contributed by atoms with van der Waals surface area (Å²) in [6, 6.07) is 4.72. The predicted molar refractivity (Wildman–Crippen MR) is 89.1 cm³/mol. The minimum Gasteiger partial charge on any atom is -0.351 e. The van der Waals surface area contributed by atoms with Crippen molar-refractivity contribution in [1.82, 2.24) is 14.9 Å². The Morgan fingerprint density at radius 1 is 1.42 bits per heavy atom. The van der Waals surface area contributed by atoms with Crippen LogP contribution >= 0.6 is 11.6 Å². The van der Waals surface area contributed by atoms with E-state index in [1.165, 1.54) is 19.4 Å². The third kappa shape index (κ3) is 2.91. The lowest BCUT2D eigenvalue weighted by molar-refractivity contribution is 0.0538. The number of amides is 1. The number of aryl methyl sites for hydroxylation is 1. The number of aromatic nitrogens is 2. The third-order valence-electron chi connectivity index (χ3n) is 3.45. The van der Waals surface area contributed by atoms with Crippen LogP contribution in [-0.2, 0) is 4.84 Å². The number of fused-ring (bicyclic) bond motifs is 1. The van der Waals surface area contributed by atoms with Crippen LogP contribution in [-0.4, -0.2) is 22.4 Å². The van der Waals surface area contributed by atoms with E-state index >= 15 is 0 Å². The molecule has 0 fully saturated rings. The van der Waals surface area contributed by atoms with Gasteiger partial charge in [-0.3, -0.25) is 9.63 Å². The molecule has 8 heteroatoms. The normalized spacial score (nSPS) is 10.8. The van der Waals surface area contributed by atoms with Gasteiger partial charge in [0.15, 0.2) is 5.65 Å². The van der Waals surface area contributed by atoms with E-state index < -0.39 is 11.7 Å². The molecule has 0 aliphatic carbocycles. The Balaban J connectivity index is 2.15. The fourth-order valence-electron chi connectivity index (χ4n) is 2.32. The van der Waals surface area contributed by atoms with Gasteiger partial charge in [-0.2, -0.15) is 0 Å². The lowest BCUT2D eigenvalue weighted by atomic mass is 10.1. The smallest absolute Gasteiger partial charge is 0.278 e. The number of benzene rings is 1. The average Bonchev–Trinajstić information content (AvgIpc) is 3.01. The van der Waals surface area contributed by atoms with Crippen LogP contribution in [0, 0.1) is 12.7 Å². The van der Waals surface area contributed by atoms with Crippen LogP contribution in [0.2, 0.25) is 5.02 Å².